The van der Waals surface area contributed by atoms with Crippen molar-refractivity contribution in [1.82, 2.24) is 19.4 Å². The molecule has 2 saturated heterocycles. The molecule has 1 N–H and O–H groups in total. The molecule has 2 aromatic heterocycles. The third kappa shape index (κ3) is 5.80. The summed E-state index contributed by atoms with van der Waals surface area (Å²) in [5, 5.41) is 10.3. The summed E-state index contributed by atoms with van der Waals surface area (Å²) in [6.45, 7) is 4.51. The number of carboxylic acids is 1. The van der Waals surface area contributed by atoms with Gasteiger partial charge in [-0.25, -0.2) is 14.2 Å². The number of likely N-dealkylation sites (tertiary alicyclic amines) is 1. The summed E-state index contributed by atoms with van der Waals surface area (Å²) in [5.74, 6) is 0.693. The van der Waals surface area contributed by atoms with Crippen molar-refractivity contribution >= 4 is 28.6 Å². The quantitative estimate of drug-likeness (QED) is 0.226. The van der Waals surface area contributed by atoms with Crippen molar-refractivity contribution in [3.63, 3.8) is 0 Å². The van der Waals surface area contributed by atoms with Gasteiger partial charge in [0.25, 0.3) is 5.79 Å². The number of para-hydroxylation sites is 1. The predicted octanol–water partition coefficient (Wildman–Crippen LogP) is 5.94. The van der Waals surface area contributed by atoms with Gasteiger partial charge in [-0.2, -0.15) is 0 Å². The third-order valence-electron chi connectivity index (χ3n) is 8.86. The van der Waals surface area contributed by atoms with E-state index in [-0.39, 0.29) is 29.9 Å². The van der Waals surface area contributed by atoms with Gasteiger partial charge in [-0.1, -0.05) is 23.7 Å². The summed E-state index contributed by atoms with van der Waals surface area (Å²) in [4.78, 5) is 23.6. The average molecular weight is 637 g/mol. The van der Waals surface area contributed by atoms with Crippen molar-refractivity contribution in [2.75, 3.05) is 33.0 Å². The molecule has 2 fully saturated rings. The highest BCUT2D eigenvalue weighted by Gasteiger charge is 2.42. The number of piperidine rings is 1. The number of imidazole rings is 1. The van der Waals surface area contributed by atoms with Gasteiger partial charge in [-0.15, -0.1) is 0 Å². The molecule has 0 unspecified atom stereocenters. The number of nitrogens with zero attached hydrogens (tertiary/aromatic N) is 4. The van der Waals surface area contributed by atoms with E-state index in [0.717, 1.165) is 49.5 Å². The van der Waals surface area contributed by atoms with Crippen LogP contribution in [-0.4, -0.2) is 69.6 Å². The fourth-order valence-electron chi connectivity index (χ4n) is 6.40. The lowest BCUT2D eigenvalue weighted by Gasteiger charge is -2.33. The Morgan fingerprint density at radius 3 is 2.69 bits per heavy atom. The summed E-state index contributed by atoms with van der Waals surface area (Å²) < 4.78 is 39.1. The first-order chi connectivity index (χ1) is 21.8. The summed E-state index contributed by atoms with van der Waals surface area (Å²) in [5.41, 5.74) is 3.03. The van der Waals surface area contributed by atoms with E-state index in [9.17, 15) is 14.3 Å². The van der Waals surface area contributed by atoms with E-state index in [1.54, 1.807) is 18.3 Å². The standard InChI is InChI=1S/C33H34ClFN4O6/c1-33(28-6-5-22(34)17-36-28)44-26-4-2-3-24(31(26)45-33)20-7-11-38(12-8-20)19-29-37-30-25(39(29)18-23-9-13-42-23)15-21(32(40)41)16-27(30)43-14-10-35/h2-6,15-17,20,23H,7-14,18-19H2,1H3,(H,40,41)/t23-,33-/m0/s1. The van der Waals surface area contributed by atoms with Crippen molar-refractivity contribution in [3.05, 3.63) is 76.3 Å². The van der Waals surface area contributed by atoms with Gasteiger partial charge in [0.15, 0.2) is 11.5 Å². The van der Waals surface area contributed by atoms with Crippen LogP contribution < -0.4 is 14.2 Å². The molecule has 12 heteroatoms. The van der Waals surface area contributed by atoms with Crippen LogP contribution in [0.4, 0.5) is 4.39 Å². The lowest BCUT2D eigenvalue weighted by Crippen LogP contribution is -2.35. The summed E-state index contributed by atoms with van der Waals surface area (Å²) in [6.07, 6.45) is 4.37. The number of benzene rings is 2. The molecule has 0 aliphatic carbocycles. The normalized spacial score (nSPS) is 21.6. The van der Waals surface area contributed by atoms with Crippen LogP contribution in [0.2, 0.25) is 5.02 Å². The first kappa shape index (κ1) is 29.8. The Bertz CT molecular complexity index is 1720. The van der Waals surface area contributed by atoms with Gasteiger partial charge in [0.1, 0.15) is 36.1 Å². The Kier molecular flexibility index (Phi) is 8.01. The number of alkyl halides is 1. The minimum absolute atomic E-state index is 0.0340. The fraction of sp³-hybridized carbons (Fsp3) is 0.424. The zero-order valence-corrected chi connectivity index (χ0v) is 25.6. The molecule has 45 heavy (non-hydrogen) atoms. The van der Waals surface area contributed by atoms with Gasteiger partial charge in [-0.3, -0.25) is 9.88 Å². The molecular formula is C33H34ClFN4O6. The van der Waals surface area contributed by atoms with Crippen LogP contribution in [0.5, 0.6) is 17.2 Å². The van der Waals surface area contributed by atoms with Crippen molar-refractivity contribution in [2.45, 2.75) is 57.1 Å². The molecule has 3 aliphatic rings. The largest absolute Gasteiger partial charge is 0.488 e. The van der Waals surface area contributed by atoms with Crippen molar-refractivity contribution in [3.8, 4) is 17.2 Å². The Labute approximate surface area is 264 Å². The number of carboxylic acid groups (broad SMARTS) is 1. The molecule has 4 aromatic rings. The second kappa shape index (κ2) is 12.1. The van der Waals surface area contributed by atoms with E-state index >= 15 is 0 Å². The molecule has 0 bridgehead atoms. The zero-order valence-electron chi connectivity index (χ0n) is 24.9. The maximum absolute atomic E-state index is 13.0. The Morgan fingerprint density at radius 1 is 1.18 bits per heavy atom. The molecule has 0 amide bonds. The number of aromatic nitrogens is 3. The first-order valence-electron chi connectivity index (χ1n) is 15.2. The van der Waals surface area contributed by atoms with Crippen LogP contribution in [0.25, 0.3) is 11.0 Å². The number of fused-ring (bicyclic) bond motifs is 2. The van der Waals surface area contributed by atoms with E-state index in [1.807, 2.05) is 29.7 Å². The van der Waals surface area contributed by atoms with Gasteiger partial charge in [-0.05, 0) is 68.6 Å². The maximum atomic E-state index is 13.0. The number of halogens is 2. The van der Waals surface area contributed by atoms with Gasteiger partial charge < -0.3 is 28.6 Å². The number of pyridine rings is 1. The highest BCUT2D eigenvalue weighted by molar-refractivity contribution is 6.30. The van der Waals surface area contributed by atoms with Crippen LogP contribution in [0, 0.1) is 0 Å². The van der Waals surface area contributed by atoms with Gasteiger partial charge >= 0.3 is 5.97 Å². The Hall–Kier alpha value is -3.93. The van der Waals surface area contributed by atoms with Crippen molar-refractivity contribution in [1.29, 1.82) is 0 Å². The Morgan fingerprint density at radius 2 is 2.00 bits per heavy atom. The molecule has 2 atom stereocenters. The molecule has 5 heterocycles. The minimum atomic E-state index is -1.08. The molecule has 10 nitrogen and oxygen atoms in total. The van der Waals surface area contributed by atoms with Gasteiger partial charge in [0.2, 0.25) is 0 Å². The molecule has 2 aromatic carbocycles. The topological polar surface area (TPSA) is 108 Å². The monoisotopic (exact) mass is 636 g/mol. The number of rotatable bonds is 10. The Balaban J connectivity index is 1.10. The predicted molar refractivity (Wildman–Crippen MR) is 164 cm³/mol. The highest BCUT2D eigenvalue weighted by atomic mass is 35.5. The molecule has 236 valence electrons. The number of hydrogen-bond donors (Lipinski definition) is 1. The molecular weight excluding hydrogens is 603 g/mol. The second-order valence-corrected chi connectivity index (χ2v) is 12.3. The minimum Gasteiger partial charge on any atom is -0.488 e. The number of aromatic carboxylic acids is 1. The third-order valence-corrected chi connectivity index (χ3v) is 9.08. The number of hydrogen-bond acceptors (Lipinski definition) is 8. The summed E-state index contributed by atoms with van der Waals surface area (Å²) >= 11 is 6.05. The SMILES string of the molecule is C[C@]1(c2ccc(Cl)cn2)Oc2cccc(C3CCN(Cc4nc5c(OCCF)cc(C(=O)O)cc5n4C[C@@H]4CCO4)CC3)c2O1. The van der Waals surface area contributed by atoms with Crippen LogP contribution >= 0.6 is 11.6 Å². The molecule has 3 aliphatic heterocycles. The van der Waals surface area contributed by atoms with E-state index in [1.165, 1.54) is 6.07 Å². The zero-order chi connectivity index (χ0) is 31.1. The van der Waals surface area contributed by atoms with Gasteiger partial charge in [0, 0.05) is 25.3 Å². The smallest absolute Gasteiger partial charge is 0.335 e. The molecule has 7 rings (SSSR count). The van der Waals surface area contributed by atoms with Crippen molar-refractivity contribution in [2.24, 2.45) is 0 Å². The summed E-state index contributed by atoms with van der Waals surface area (Å²) in [6, 6.07) is 12.7. The summed E-state index contributed by atoms with van der Waals surface area (Å²) in [7, 11) is 0. The van der Waals surface area contributed by atoms with Crippen molar-refractivity contribution < 1.29 is 33.2 Å². The van der Waals surface area contributed by atoms with Gasteiger partial charge in [0.05, 0.1) is 35.3 Å². The number of carbonyl (C=O) groups is 1. The molecule has 0 spiro atoms. The van der Waals surface area contributed by atoms with E-state index in [0.29, 0.717) is 47.2 Å². The second-order valence-electron chi connectivity index (χ2n) is 11.8. The fourth-order valence-corrected chi connectivity index (χ4v) is 6.51. The van der Waals surface area contributed by atoms with E-state index in [2.05, 4.69) is 16.0 Å². The lowest BCUT2D eigenvalue weighted by molar-refractivity contribution is -0.0722. The number of ether oxygens (including phenoxy) is 4. The highest BCUT2D eigenvalue weighted by Crippen LogP contribution is 2.49. The maximum Gasteiger partial charge on any atom is 0.335 e. The van der Waals surface area contributed by atoms with Crippen LogP contribution in [-0.2, 0) is 23.6 Å². The first-order valence-corrected chi connectivity index (χ1v) is 15.6. The molecule has 0 saturated carbocycles. The van der Waals surface area contributed by atoms with Crippen LogP contribution in [0.1, 0.15) is 59.5 Å². The van der Waals surface area contributed by atoms with Crippen LogP contribution in [0.3, 0.4) is 0 Å². The lowest BCUT2D eigenvalue weighted by atomic mass is 9.88. The van der Waals surface area contributed by atoms with Crippen LogP contribution in [0.15, 0.2) is 48.7 Å². The molecule has 0 radical (unpaired) electrons. The van der Waals surface area contributed by atoms with E-state index in [4.69, 9.17) is 35.5 Å². The average Bonchev–Trinajstić information content (AvgIpc) is 3.55. The van der Waals surface area contributed by atoms with E-state index < -0.39 is 18.4 Å².